The van der Waals surface area contributed by atoms with Gasteiger partial charge in [-0.25, -0.2) is 0 Å². The second-order valence-corrected chi connectivity index (χ2v) is 6.73. The van der Waals surface area contributed by atoms with Crippen LogP contribution in [0, 0.1) is 0 Å². The number of para-hydroxylation sites is 1. The van der Waals surface area contributed by atoms with Crippen molar-refractivity contribution in [3.8, 4) is 5.75 Å². The molecular weight excluding hydrogens is 312 g/mol. The van der Waals surface area contributed by atoms with Gasteiger partial charge < -0.3 is 9.64 Å². The van der Waals surface area contributed by atoms with Gasteiger partial charge in [0.25, 0.3) is 0 Å². The zero-order valence-electron chi connectivity index (χ0n) is 15.0. The van der Waals surface area contributed by atoms with E-state index in [4.69, 9.17) is 4.74 Å². The summed E-state index contributed by atoms with van der Waals surface area (Å²) in [6, 6.07) is 18.6. The van der Waals surface area contributed by atoms with E-state index in [1.165, 1.54) is 11.1 Å². The Morgan fingerprint density at radius 2 is 1.80 bits per heavy atom. The van der Waals surface area contributed by atoms with Crippen LogP contribution in [0.5, 0.6) is 5.75 Å². The van der Waals surface area contributed by atoms with E-state index in [1.54, 1.807) is 0 Å². The lowest BCUT2D eigenvalue weighted by Crippen LogP contribution is -2.46. The average molecular weight is 338 g/mol. The molecule has 1 unspecified atom stereocenters. The summed E-state index contributed by atoms with van der Waals surface area (Å²) in [4.78, 5) is 16.6. The number of ether oxygens (including phenoxy) is 1. The predicted molar refractivity (Wildman–Crippen MR) is 99.6 cm³/mol. The smallest absolute Gasteiger partial charge is 0.225 e. The van der Waals surface area contributed by atoms with Crippen LogP contribution in [-0.4, -0.2) is 49.0 Å². The van der Waals surface area contributed by atoms with Gasteiger partial charge in [-0.05, 0) is 36.7 Å². The van der Waals surface area contributed by atoms with E-state index >= 15 is 0 Å². The number of benzene rings is 2. The van der Waals surface area contributed by atoms with E-state index in [-0.39, 0.29) is 5.91 Å². The summed E-state index contributed by atoms with van der Waals surface area (Å²) in [7, 11) is 4.02. The number of hydrogen-bond acceptors (Lipinski definition) is 3. The molecule has 0 saturated heterocycles. The highest BCUT2D eigenvalue weighted by Gasteiger charge is 2.25. The van der Waals surface area contributed by atoms with Gasteiger partial charge in [0.05, 0.1) is 13.0 Å². The highest BCUT2D eigenvalue weighted by atomic mass is 16.5. The first kappa shape index (κ1) is 17.5. The fourth-order valence-corrected chi connectivity index (χ4v) is 3.30. The molecular formula is C21H26N2O2. The van der Waals surface area contributed by atoms with Crippen LogP contribution in [0.4, 0.5) is 0 Å². The Kier molecular flexibility index (Phi) is 5.71. The summed E-state index contributed by atoms with van der Waals surface area (Å²) >= 11 is 0. The summed E-state index contributed by atoms with van der Waals surface area (Å²) in [6.07, 6.45) is 1.39. The summed E-state index contributed by atoms with van der Waals surface area (Å²) in [5, 5.41) is 0. The number of carbonyl (C=O) groups is 1. The molecule has 0 bridgehead atoms. The Morgan fingerprint density at radius 3 is 2.56 bits per heavy atom. The predicted octanol–water partition coefficient (Wildman–Crippen LogP) is 2.97. The maximum atomic E-state index is 12.4. The van der Waals surface area contributed by atoms with Gasteiger partial charge in [0, 0.05) is 26.2 Å². The van der Waals surface area contributed by atoms with Gasteiger partial charge in [0.15, 0.2) is 0 Å². The number of fused-ring (bicyclic) bond motifs is 1. The van der Waals surface area contributed by atoms with Gasteiger partial charge >= 0.3 is 0 Å². The maximum Gasteiger partial charge on any atom is 0.225 e. The van der Waals surface area contributed by atoms with Gasteiger partial charge in [-0.1, -0.05) is 42.5 Å². The fraction of sp³-hybridized carbons (Fsp3) is 0.381. The molecule has 1 amide bonds. The van der Waals surface area contributed by atoms with E-state index in [9.17, 15) is 4.79 Å². The molecule has 132 valence electrons. The molecule has 3 rings (SSSR count). The number of carbonyl (C=O) groups excluding carboxylic acids is 1. The highest BCUT2D eigenvalue weighted by molar-refractivity contribution is 5.76. The molecule has 4 nitrogen and oxygen atoms in total. The van der Waals surface area contributed by atoms with E-state index in [0.29, 0.717) is 19.1 Å². The van der Waals surface area contributed by atoms with Gasteiger partial charge in [-0.2, -0.15) is 0 Å². The number of hydrogen-bond donors (Lipinski definition) is 0. The molecule has 0 aliphatic carbocycles. The Labute approximate surface area is 150 Å². The minimum Gasteiger partial charge on any atom is -0.493 e. The van der Waals surface area contributed by atoms with E-state index in [2.05, 4.69) is 36.2 Å². The van der Waals surface area contributed by atoms with Crippen molar-refractivity contribution in [1.82, 2.24) is 9.80 Å². The van der Waals surface area contributed by atoms with Crippen LogP contribution in [-0.2, 0) is 17.8 Å². The molecule has 1 aliphatic heterocycles. The summed E-state index contributed by atoms with van der Waals surface area (Å²) < 4.78 is 5.63. The molecule has 1 heterocycles. The van der Waals surface area contributed by atoms with Crippen molar-refractivity contribution in [2.45, 2.75) is 25.4 Å². The van der Waals surface area contributed by atoms with Crippen LogP contribution in [0.3, 0.4) is 0 Å². The van der Waals surface area contributed by atoms with Crippen LogP contribution in [0.2, 0.25) is 0 Å². The number of likely N-dealkylation sites (N-methyl/N-ethyl adjacent to an activating group) is 2. The van der Waals surface area contributed by atoms with Crippen molar-refractivity contribution >= 4 is 5.91 Å². The molecule has 0 spiro atoms. The Morgan fingerprint density at radius 1 is 1.12 bits per heavy atom. The molecule has 0 aromatic heterocycles. The van der Waals surface area contributed by atoms with E-state index < -0.39 is 0 Å². The fourth-order valence-electron chi connectivity index (χ4n) is 3.30. The third kappa shape index (κ3) is 4.60. The van der Waals surface area contributed by atoms with Crippen molar-refractivity contribution in [3.63, 3.8) is 0 Å². The minimum atomic E-state index is 0.128. The normalized spacial score (nSPS) is 17.0. The monoisotopic (exact) mass is 338 g/mol. The Bertz CT molecular complexity index is 702. The van der Waals surface area contributed by atoms with Gasteiger partial charge in [-0.3, -0.25) is 9.69 Å². The minimum absolute atomic E-state index is 0.128. The van der Waals surface area contributed by atoms with Crippen molar-refractivity contribution < 1.29 is 9.53 Å². The van der Waals surface area contributed by atoms with Crippen molar-refractivity contribution in [2.75, 3.05) is 27.2 Å². The zero-order chi connectivity index (χ0) is 17.6. The molecule has 1 atom stereocenters. The standard InChI is InChI=1S/C21H26N2O2/c1-22-15-18-9-7-6-8-17(18)14-19(22)16-23(2)21(24)12-13-25-20-10-4-3-5-11-20/h3-11,19H,12-16H2,1-2H3. The quantitative estimate of drug-likeness (QED) is 0.812. The molecule has 1 aliphatic rings. The molecule has 0 fully saturated rings. The van der Waals surface area contributed by atoms with Crippen LogP contribution >= 0.6 is 0 Å². The number of amides is 1. The highest BCUT2D eigenvalue weighted by Crippen LogP contribution is 2.22. The van der Waals surface area contributed by atoms with Crippen LogP contribution in [0.25, 0.3) is 0 Å². The SMILES string of the molecule is CN(CC1Cc2ccccc2CN1C)C(=O)CCOc1ccccc1. The summed E-state index contributed by atoms with van der Waals surface area (Å²) in [5.74, 6) is 0.935. The van der Waals surface area contributed by atoms with Crippen LogP contribution in [0.1, 0.15) is 17.5 Å². The van der Waals surface area contributed by atoms with E-state index in [0.717, 1.165) is 25.3 Å². The summed E-state index contributed by atoms with van der Waals surface area (Å²) in [5.41, 5.74) is 2.80. The third-order valence-electron chi connectivity index (χ3n) is 4.86. The Balaban J connectivity index is 1.48. The largest absolute Gasteiger partial charge is 0.493 e. The average Bonchev–Trinajstić information content (AvgIpc) is 2.63. The first-order chi connectivity index (χ1) is 12.1. The lowest BCUT2D eigenvalue weighted by molar-refractivity contribution is -0.131. The number of rotatable bonds is 6. The molecule has 0 N–H and O–H groups in total. The lowest BCUT2D eigenvalue weighted by Gasteiger charge is -2.36. The maximum absolute atomic E-state index is 12.4. The lowest BCUT2D eigenvalue weighted by atomic mass is 9.94. The first-order valence-corrected chi connectivity index (χ1v) is 8.82. The second-order valence-electron chi connectivity index (χ2n) is 6.73. The first-order valence-electron chi connectivity index (χ1n) is 8.82. The van der Waals surface area contributed by atoms with Gasteiger partial charge in [0.2, 0.25) is 5.91 Å². The second kappa shape index (κ2) is 8.17. The molecule has 4 heteroatoms. The van der Waals surface area contributed by atoms with Crippen molar-refractivity contribution in [2.24, 2.45) is 0 Å². The zero-order valence-corrected chi connectivity index (χ0v) is 15.0. The van der Waals surface area contributed by atoms with Gasteiger partial charge in [0.1, 0.15) is 5.75 Å². The van der Waals surface area contributed by atoms with Crippen LogP contribution < -0.4 is 4.74 Å². The molecule has 2 aromatic carbocycles. The molecule has 25 heavy (non-hydrogen) atoms. The van der Waals surface area contributed by atoms with E-state index in [1.807, 2.05) is 42.3 Å². The van der Waals surface area contributed by atoms with Crippen molar-refractivity contribution in [1.29, 1.82) is 0 Å². The topological polar surface area (TPSA) is 32.8 Å². The summed E-state index contributed by atoms with van der Waals surface area (Å²) in [6.45, 7) is 2.10. The molecule has 0 saturated carbocycles. The Hall–Kier alpha value is -2.33. The van der Waals surface area contributed by atoms with Crippen molar-refractivity contribution in [3.05, 3.63) is 65.7 Å². The van der Waals surface area contributed by atoms with Gasteiger partial charge in [-0.15, -0.1) is 0 Å². The molecule has 0 radical (unpaired) electrons. The van der Waals surface area contributed by atoms with Crippen LogP contribution in [0.15, 0.2) is 54.6 Å². The molecule has 2 aromatic rings. The third-order valence-corrected chi connectivity index (χ3v) is 4.86. The number of nitrogens with zero attached hydrogens (tertiary/aromatic N) is 2.